The van der Waals surface area contributed by atoms with Gasteiger partial charge in [-0.15, -0.1) is 0 Å². The highest BCUT2D eigenvalue weighted by molar-refractivity contribution is 6.52. The molecule has 0 radical (unpaired) electrons. The summed E-state index contributed by atoms with van der Waals surface area (Å²) in [5.41, 5.74) is 0.882. The molecule has 3 aromatic rings. The number of carbonyl (C=O) groups excluding carboxylic acids is 2. The number of hydrogen-bond acceptors (Lipinski definition) is 5. The van der Waals surface area contributed by atoms with Crippen molar-refractivity contribution in [2.45, 2.75) is 6.04 Å². The third-order valence-corrected chi connectivity index (χ3v) is 4.92. The van der Waals surface area contributed by atoms with Crippen molar-refractivity contribution in [2.75, 3.05) is 4.90 Å². The number of Topliss-reactive ketones (excluding diaryl/α,β-unsaturated/α-hetero) is 1. The maximum atomic E-state index is 13.0. The Morgan fingerprint density at radius 1 is 1.03 bits per heavy atom. The van der Waals surface area contributed by atoms with Crippen molar-refractivity contribution in [3.05, 3.63) is 94.8 Å². The van der Waals surface area contributed by atoms with Gasteiger partial charge in [-0.25, -0.2) is 0 Å². The van der Waals surface area contributed by atoms with Crippen LogP contribution in [0.25, 0.3) is 5.76 Å². The minimum atomic E-state index is -0.978. The summed E-state index contributed by atoms with van der Waals surface area (Å²) in [6.07, 6.45) is 3.06. The Bertz CT molecular complexity index is 1130. The number of aromatic nitrogens is 1. The predicted molar refractivity (Wildman–Crippen MR) is 109 cm³/mol. The van der Waals surface area contributed by atoms with Gasteiger partial charge >= 0.3 is 0 Å². The van der Waals surface area contributed by atoms with Crippen molar-refractivity contribution in [1.29, 1.82) is 0 Å². The number of pyridine rings is 1. The van der Waals surface area contributed by atoms with Crippen LogP contribution < -0.4 is 4.90 Å². The Balaban J connectivity index is 1.98. The molecule has 1 amide bonds. The van der Waals surface area contributed by atoms with Crippen LogP contribution in [0.5, 0.6) is 5.75 Å². The van der Waals surface area contributed by atoms with Gasteiger partial charge in [-0.05, 0) is 29.8 Å². The first-order valence-electron chi connectivity index (χ1n) is 8.74. The predicted octanol–water partition coefficient (Wildman–Crippen LogP) is 4.07. The second kappa shape index (κ2) is 7.41. The molecule has 1 aliphatic rings. The van der Waals surface area contributed by atoms with Gasteiger partial charge in [-0.3, -0.25) is 19.5 Å². The summed E-state index contributed by atoms with van der Waals surface area (Å²) in [4.78, 5) is 31.1. The van der Waals surface area contributed by atoms with E-state index in [0.717, 1.165) is 4.90 Å². The molecule has 4 rings (SSSR count). The van der Waals surface area contributed by atoms with E-state index in [1.807, 2.05) is 0 Å². The number of carbonyl (C=O) groups is 2. The molecule has 0 aliphatic carbocycles. The molecule has 1 aromatic heterocycles. The van der Waals surface area contributed by atoms with Crippen LogP contribution in [0, 0.1) is 0 Å². The van der Waals surface area contributed by atoms with Gasteiger partial charge in [0.1, 0.15) is 11.5 Å². The standard InChI is InChI=1S/C22H15ClN2O4/c23-15-8-9-17(26)16(11-15)25-19(14-7-4-10-24-12-14)18(21(28)22(25)29)20(27)13-5-2-1-3-6-13/h1-12,19,26-27H/b20-18+. The first-order chi connectivity index (χ1) is 14.0. The fourth-order valence-corrected chi connectivity index (χ4v) is 3.54. The summed E-state index contributed by atoms with van der Waals surface area (Å²) in [5, 5.41) is 21.5. The lowest BCUT2D eigenvalue weighted by Gasteiger charge is -2.25. The summed E-state index contributed by atoms with van der Waals surface area (Å²) in [7, 11) is 0. The Kier molecular flexibility index (Phi) is 4.78. The average molecular weight is 407 g/mol. The van der Waals surface area contributed by atoms with Crippen molar-refractivity contribution >= 4 is 34.7 Å². The first-order valence-corrected chi connectivity index (χ1v) is 9.11. The molecule has 29 heavy (non-hydrogen) atoms. The zero-order chi connectivity index (χ0) is 20.5. The van der Waals surface area contributed by atoms with Gasteiger partial charge in [-0.2, -0.15) is 0 Å². The lowest BCUT2D eigenvalue weighted by Crippen LogP contribution is -2.29. The number of aliphatic hydroxyl groups is 1. The number of hydrogen-bond donors (Lipinski definition) is 2. The van der Waals surface area contributed by atoms with Crippen LogP contribution in [0.2, 0.25) is 5.02 Å². The van der Waals surface area contributed by atoms with E-state index in [1.54, 1.807) is 48.7 Å². The number of rotatable bonds is 3. The van der Waals surface area contributed by atoms with E-state index in [4.69, 9.17) is 11.6 Å². The number of aromatic hydroxyl groups is 1. The molecule has 1 unspecified atom stereocenters. The van der Waals surface area contributed by atoms with Crippen LogP contribution >= 0.6 is 11.6 Å². The van der Waals surface area contributed by atoms with E-state index in [9.17, 15) is 19.8 Å². The Morgan fingerprint density at radius 2 is 1.79 bits per heavy atom. The summed E-state index contributed by atoms with van der Waals surface area (Å²) in [6.45, 7) is 0. The number of amides is 1. The number of benzene rings is 2. The highest BCUT2D eigenvalue weighted by atomic mass is 35.5. The molecule has 1 fully saturated rings. The quantitative estimate of drug-likeness (QED) is 0.389. The van der Waals surface area contributed by atoms with Gasteiger partial charge in [0.2, 0.25) is 0 Å². The zero-order valence-electron chi connectivity index (χ0n) is 15.0. The molecule has 144 valence electrons. The van der Waals surface area contributed by atoms with E-state index in [1.165, 1.54) is 24.4 Å². The lowest BCUT2D eigenvalue weighted by molar-refractivity contribution is -0.132. The highest BCUT2D eigenvalue weighted by Gasteiger charge is 2.47. The molecule has 2 heterocycles. The molecule has 6 nitrogen and oxygen atoms in total. The number of halogens is 1. The minimum absolute atomic E-state index is 0.0700. The van der Waals surface area contributed by atoms with Crippen LogP contribution in [-0.4, -0.2) is 26.9 Å². The molecular formula is C22H15ClN2O4. The van der Waals surface area contributed by atoms with Gasteiger partial charge in [0.05, 0.1) is 17.3 Å². The number of aliphatic hydroxyl groups excluding tert-OH is 1. The lowest BCUT2D eigenvalue weighted by atomic mass is 9.96. The van der Waals surface area contributed by atoms with E-state index < -0.39 is 17.7 Å². The normalized spacial score (nSPS) is 18.2. The third-order valence-electron chi connectivity index (χ3n) is 4.69. The third kappa shape index (κ3) is 3.23. The van der Waals surface area contributed by atoms with Gasteiger partial charge in [0.15, 0.2) is 0 Å². The largest absolute Gasteiger partial charge is 0.507 e. The summed E-state index contributed by atoms with van der Waals surface area (Å²) in [6, 6.07) is 15.1. The van der Waals surface area contributed by atoms with Crippen LogP contribution in [0.1, 0.15) is 17.2 Å². The van der Waals surface area contributed by atoms with Gasteiger partial charge < -0.3 is 10.2 Å². The Labute approximate surface area is 171 Å². The van der Waals surface area contributed by atoms with Crippen LogP contribution in [0.15, 0.2) is 78.6 Å². The molecular weight excluding hydrogens is 392 g/mol. The fraction of sp³-hybridized carbons (Fsp3) is 0.0455. The molecule has 0 spiro atoms. The monoisotopic (exact) mass is 406 g/mol. The first kappa shape index (κ1) is 18.7. The molecule has 2 N–H and O–H groups in total. The highest BCUT2D eigenvalue weighted by Crippen LogP contribution is 2.45. The zero-order valence-corrected chi connectivity index (χ0v) is 15.7. The van der Waals surface area contributed by atoms with Crippen molar-refractivity contribution in [3.8, 4) is 5.75 Å². The number of phenols is 1. The maximum absolute atomic E-state index is 13.0. The molecule has 1 aliphatic heterocycles. The van der Waals surface area contributed by atoms with Crippen molar-refractivity contribution in [3.63, 3.8) is 0 Å². The number of anilines is 1. The number of phenolic OH excluding ortho intramolecular Hbond substituents is 1. The van der Waals surface area contributed by atoms with E-state index in [2.05, 4.69) is 4.98 Å². The van der Waals surface area contributed by atoms with Crippen LogP contribution in [-0.2, 0) is 9.59 Å². The Morgan fingerprint density at radius 3 is 2.48 bits per heavy atom. The minimum Gasteiger partial charge on any atom is -0.507 e. The summed E-state index contributed by atoms with van der Waals surface area (Å²) >= 11 is 6.06. The van der Waals surface area contributed by atoms with Crippen LogP contribution in [0.4, 0.5) is 5.69 Å². The van der Waals surface area contributed by atoms with Crippen molar-refractivity contribution < 1.29 is 19.8 Å². The second-order valence-electron chi connectivity index (χ2n) is 6.45. The van der Waals surface area contributed by atoms with Crippen molar-refractivity contribution in [2.24, 2.45) is 0 Å². The molecule has 0 bridgehead atoms. The van der Waals surface area contributed by atoms with Gasteiger partial charge in [-0.1, -0.05) is 48.0 Å². The SMILES string of the molecule is O=C1C(=O)N(c2cc(Cl)ccc2O)C(c2cccnc2)/C1=C(\O)c1ccccc1. The van der Waals surface area contributed by atoms with E-state index in [0.29, 0.717) is 11.1 Å². The van der Waals surface area contributed by atoms with Gasteiger partial charge in [0.25, 0.3) is 11.7 Å². The molecule has 2 aromatic carbocycles. The molecule has 1 saturated heterocycles. The second-order valence-corrected chi connectivity index (χ2v) is 6.89. The molecule has 7 heteroatoms. The van der Waals surface area contributed by atoms with Gasteiger partial charge in [0, 0.05) is 23.0 Å². The average Bonchev–Trinajstić information content (AvgIpc) is 3.01. The Hall–Kier alpha value is -3.64. The van der Waals surface area contributed by atoms with E-state index in [-0.39, 0.29) is 27.8 Å². The topological polar surface area (TPSA) is 90.7 Å². The maximum Gasteiger partial charge on any atom is 0.300 e. The smallest absolute Gasteiger partial charge is 0.300 e. The van der Waals surface area contributed by atoms with E-state index >= 15 is 0 Å². The molecule has 1 atom stereocenters. The summed E-state index contributed by atoms with van der Waals surface area (Å²) in [5.74, 6) is -2.26. The number of ketones is 1. The fourth-order valence-electron chi connectivity index (χ4n) is 3.38. The summed E-state index contributed by atoms with van der Waals surface area (Å²) < 4.78 is 0. The number of nitrogens with zero attached hydrogens (tertiary/aromatic N) is 2. The molecule has 0 saturated carbocycles. The van der Waals surface area contributed by atoms with Crippen molar-refractivity contribution in [1.82, 2.24) is 4.98 Å². The van der Waals surface area contributed by atoms with Crippen LogP contribution in [0.3, 0.4) is 0 Å².